The summed E-state index contributed by atoms with van der Waals surface area (Å²) in [5.41, 5.74) is 3.07. The van der Waals surface area contributed by atoms with Crippen LogP contribution in [-0.4, -0.2) is 60.3 Å². The fourth-order valence-electron chi connectivity index (χ4n) is 4.15. The zero-order valence-corrected chi connectivity index (χ0v) is 16.3. The number of carbonyl (C=O) groups excluding carboxylic acids is 1. The molecular formula is C21H27N5O2. The van der Waals surface area contributed by atoms with E-state index in [1.165, 1.54) is 11.3 Å². The van der Waals surface area contributed by atoms with Crippen molar-refractivity contribution in [1.29, 1.82) is 0 Å². The van der Waals surface area contributed by atoms with Crippen molar-refractivity contribution in [2.45, 2.75) is 19.8 Å². The number of hydrogen-bond donors (Lipinski definition) is 1. The number of nitrogens with zero attached hydrogens (tertiary/aromatic N) is 4. The zero-order chi connectivity index (χ0) is 19.5. The number of hydrogen-bond acceptors (Lipinski definition) is 5. The Kier molecular flexibility index (Phi) is 5.32. The lowest BCUT2D eigenvalue weighted by atomic mass is 9.96. The highest BCUT2D eigenvalue weighted by Crippen LogP contribution is 2.24. The molecule has 7 nitrogen and oxygen atoms in total. The predicted octanol–water partition coefficient (Wildman–Crippen LogP) is 1.64. The van der Waals surface area contributed by atoms with Gasteiger partial charge in [-0.15, -0.1) is 0 Å². The highest BCUT2D eigenvalue weighted by atomic mass is 16.2. The first-order valence-corrected chi connectivity index (χ1v) is 10.0. The number of piperidine rings is 1. The summed E-state index contributed by atoms with van der Waals surface area (Å²) in [6, 6.07) is 10.1. The molecule has 2 fully saturated rings. The van der Waals surface area contributed by atoms with Crippen LogP contribution in [0.3, 0.4) is 0 Å². The Hall–Kier alpha value is -2.83. The smallest absolute Gasteiger partial charge is 0.266 e. The van der Waals surface area contributed by atoms with Gasteiger partial charge in [0.1, 0.15) is 0 Å². The van der Waals surface area contributed by atoms with E-state index < -0.39 is 0 Å². The topological polar surface area (TPSA) is 72.5 Å². The largest absolute Gasteiger partial charge is 0.369 e. The Morgan fingerprint density at radius 3 is 2.50 bits per heavy atom. The van der Waals surface area contributed by atoms with Crippen LogP contribution in [0.2, 0.25) is 0 Å². The summed E-state index contributed by atoms with van der Waals surface area (Å²) in [4.78, 5) is 31.1. The minimum absolute atomic E-state index is 0.0148. The van der Waals surface area contributed by atoms with Gasteiger partial charge in [0.25, 0.3) is 5.56 Å². The molecule has 1 aromatic heterocycles. The molecule has 0 saturated carbocycles. The molecular weight excluding hydrogens is 354 g/mol. The number of aromatic nitrogens is 2. The molecule has 1 amide bonds. The normalized spacial score (nSPS) is 20.3. The monoisotopic (exact) mass is 381 g/mol. The highest BCUT2D eigenvalue weighted by Gasteiger charge is 2.31. The summed E-state index contributed by atoms with van der Waals surface area (Å²) in [6.07, 6.45) is 3.52. The number of carbonyl (C=O) groups is 1. The first-order valence-electron chi connectivity index (χ1n) is 10.0. The lowest BCUT2D eigenvalue weighted by Gasteiger charge is -2.40. The third-order valence-corrected chi connectivity index (χ3v) is 5.78. The summed E-state index contributed by atoms with van der Waals surface area (Å²) in [5.74, 6) is 0.227. The maximum Gasteiger partial charge on any atom is 0.266 e. The van der Waals surface area contributed by atoms with Crippen molar-refractivity contribution in [2.75, 3.05) is 49.1 Å². The molecule has 1 N–H and O–H groups in total. The van der Waals surface area contributed by atoms with Crippen LogP contribution in [0.4, 0.5) is 11.4 Å². The van der Waals surface area contributed by atoms with Gasteiger partial charge in [-0.05, 0) is 31.9 Å². The van der Waals surface area contributed by atoms with Gasteiger partial charge in [0.15, 0.2) is 0 Å². The van der Waals surface area contributed by atoms with Gasteiger partial charge in [-0.3, -0.25) is 9.59 Å². The lowest BCUT2D eigenvalue weighted by molar-refractivity contribution is -0.136. The Balaban J connectivity index is 1.35. The number of aryl methyl sites for hydroxylation is 1. The number of anilines is 2. The standard InChI is InChI=1S/C21H27N5O2/c1-16-4-6-18(7-5-16)24-9-11-25(12-10-24)21(28)17-3-2-8-26(15-17)19-13-20(27)23-22-14-19/h4-7,13-14,17H,2-3,8-12,15H2,1H3,(H,23,27). The van der Waals surface area contributed by atoms with E-state index in [0.717, 1.165) is 51.3 Å². The van der Waals surface area contributed by atoms with Gasteiger partial charge in [-0.1, -0.05) is 17.7 Å². The minimum atomic E-state index is -0.210. The third-order valence-electron chi connectivity index (χ3n) is 5.78. The average molecular weight is 381 g/mol. The summed E-state index contributed by atoms with van der Waals surface area (Å²) in [5, 5.41) is 6.29. The summed E-state index contributed by atoms with van der Waals surface area (Å²) < 4.78 is 0. The van der Waals surface area contributed by atoms with E-state index in [9.17, 15) is 9.59 Å². The molecule has 0 spiro atoms. The maximum atomic E-state index is 13.1. The lowest BCUT2D eigenvalue weighted by Crippen LogP contribution is -2.52. The van der Waals surface area contributed by atoms with E-state index in [-0.39, 0.29) is 17.4 Å². The summed E-state index contributed by atoms with van der Waals surface area (Å²) >= 11 is 0. The van der Waals surface area contributed by atoms with E-state index >= 15 is 0 Å². The van der Waals surface area contributed by atoms with E-state index in [1.54, 1.807) is 12.3 Å². The van der Waals surface area contributed by atoms with Crippen LogP contribution < -0.4 is 15.4 Å². The molecule has 148 valence electrons. The molecule has 3 heterocycles. The fraction of sp³-hybridized carbons (Fsp3) is 0.476. The Morgan fingerprint density at radius 1 is 1.04 bits per heavy atom. The number of nitrogens with one attached hydrogen (secondary N) is 1. The van der Waals surface area contributed by atoms with Crippen LogP contribution in [0.1, 0.15) is 18.4 Å². The Bertz CT molecular complexity index is 871. The molecule has 0 radical (unpaired) electrons. The second-order valence-corrected chi connectivity index (χ2v) is 7.74. The van der Waals surface area contributed by atoms with Gasteiger partial charge in [-0.2, -0.15) is 5.10 Å². The molecule has 2 saturated heterocycles. The van der Waals surface area contributed by atoms with E-state index in [0.29, 0.717) is 6.54 Å². The van der Waals surface area contributed by atoms with Crippen LogP contribution in [-0.2, 0) is 4.79 Å². The molecule has 2 aliphatic heterocycles. The molecule has 0 aliphatic carbocycles. The van der Waals surface area contributed by atoms with E-state index in [1.807, 2.05) is 4.90 Å². The van der Waals surface area contributed by atoms with Gasteiger partial charge < -0.3 is 14.7 Å². The van der Waals surface area contributed by atoms with Crippen LogP contribution >= 0.6 is 0 Å². The van der Waals surface area contributed by atoms with Gasteiger partial charge in [0.2, 0.25) is 5.91 Å². The van der Waals surface area contributed by atoms with Crippen molar-refractivity contribution in [3.63, 3.8) is 0 Å². The SMILES string of the molecule is Cc1ccc(N2CCN(C(=O)C3CCCN(c4cn[nH]c(=O)c4)C3)CC2)cc1. The third kappa shape index (κ3) is 4.03. The first-order chi connectivity index (χ1) is 13.6. The average Bonchev–Trinajstić information content (AvgIpc) is 2.74. The molecule has 2 aliphatic rings. The highest BCUT2D eigenvalue weighted by molar-refractivity contribution is 5.80. The number of piperazine rings is 1. The maximum absolute atomic E-state index is 13.1. The Labute approximate surface area is 165 Å². The van der Waals surface area contributed by atoms with Crippen molar-refractivity contribution in [3.05, 3.63) is 52.4 Å². The molecule has 1 atom stereocenters. The molecule has 1 aromatic carbocycles. The van der Waals surface area contributed by atoms with Gasteiger partial charge in [-0.25, -0.2) is 5.10 Å². The summed E-state index contributed by atoms with van der Waals surface area (Å²) in [7, 11) is 0. The molecule has 1 unspecified atom stereocenters. The molecule has 2 aromatic rings. The van der Waals surface area contributed by atoms with Gasteiger partial charge in [0, 0.05) is 51.0 Å². The van der Waals surface area contributed by atoms with E-state index in [4.69, 9.17) is 0 Å². The van der Waals surface area contributed by atoms with Crippen molar-refractivity contribution in [3.8, 4) is 0 Å². The fourth-order valence-corrected chi connectivity index (χ4v) is 4.15. The first kappa shape index (κ1) is 18.5. The van der Waals surface area contributed by atoms with Crippen molar-refractivity contribution in [2.24, 2.45) is 5.92 Å². The number of aromatic amines is 1. The predicted molar refractivity (Wildman–Crippen MR) is 110 cm³/mol. The Morgan fingerprint density at radius 2 is 1.79 bits per heavy atom. The van der Waals surface area contributed by atoms with Crippen LogP contribution in [0.5, 0.6) is 0 Å². The van der Waals surface area contributed by atoms with Crippen molar-refractivity contribution < 1.29 is 4.79 Å². The van der Waals surface area contributed by atoms with E-state index in [2.05, 4.69) is 51.2 Å². The second kappa shape index (κ2) is 8.04. The number of benzene rings is 1. The summed E-state index contributed by atoms with van der Waals surface area (Å²) in [6.45, 7) is 6.85. The van der Waals surface area contributed by atoms with Crippen LogP contribution in [0.25, 0.3) is 0 Å². The quantitative estimate of drug-likeness (QED) is 0.875. The zero-order valence-electron chi connectivity index (χ0n) is 16.3. The van der Waals surface area contributed by atoms with Crippen molar-refractivity contribution in [1.82, 2.24) is 15.1 Å². The molecule has 0 bridgehead atoms. The second-order valence-electron chi connectivity index (χ2n) is 7.74. The van der Waals surface area contributed by atoms with Gasteiger partial charge >= 0.3 is 0 Å². The van der Waals surface area contributed by atoms with Crippen LogP contribution in [0.15, 0.2) is 41.3 Å². The van der Waals surface area contributed by atoms with Crippen molar-refractivity contribution >= 4 is 17.3 Å². The van der Waals surface area contributed by atoms with Gasteiger partial charge in [0.05, 0.1) is 17.8 Å². The molecule has 4 rings (SSSR count). The van der Waals surface area contributed by atoms with Crippen LogP contribution in [0, 0.1) is 12.8 Å². The number of H-pyrrole nitrogens is 1. The molecule has 28 heavy (non-hydrogen) atoms. The molecule has 7 heteroatoms. The number of amides is 1. The number of rotatable bonds is 3. The minimum Gasteiger partial charge on any atom is -0.369 e.